The van der Waals surface area contributed by atoms with E-state index in [4.69, 9.17) is 5.26 Å². The summed E-state index contributed by atoms with van der Waals surface area (Å²) >= 11 is 0. The first kappa shape index (κ1) is 26.2. The number of halogens is 3. The van der Waals surface area contributed by atoms with Gasteiger partial charge in [0.15, 0.2) is 0 Å². The molecule has 0 aliphatic carbocycles. The molecule has 1 amide bonds. The van der Waals surface area contributed by atoms with Crippen LogP contribution >= 0.6 is 0 Å². The van der Waals surface area contributed by atoms with E-state index in [2.05, 4.69) is 5.32 Å². The van der Waals surface area contributed by atoms with Crippen molar-refractivity contribution < 1.29 is 26.4 Å². The van der Waals surface area contributed by atoms with Crippen molar-refractivity contribution in [1.82, 2.24) is 4.31 Å². The lowest BCUT2D eigenvalue weighted by atomic mass is 10.1. The number of sulfonamides is 1. The second kappa shape index (κ2) is 10.7. The van der Waals surface area contributed by atoms with E-state index in [0.717, 1.165) is 22.5 Å². The molecule has 0 saturated carbocycles. The zero-order valence-corrected chi connectivity index (χ0v) is 19.3. The van der Waals surface area contributed by atoms with Crippen molar-refractivity contribution in [3.63, 3.8) is 0 Å². The maximum atomic E-state index is 13.3. The number of amides is 1. The molecule has 0 aliphatic rings. The van der Waals surface area contributed by atoms with E-state index in [9.17, 15) is 26.4 Å². The summed E-state index contributed by atoms with van der Waals surface area (Å²) < 4.78 is 66.2. The van der Waals surface area contributed by atoms with Gasteiger partial charge >= 0.3 is 6.18 Å². The Bertz CT molecular complexity index is 1140. The van der Waals surface area contributed by atoms with E-state index >= 15 is 0 Å². The lowest BCUT2D eigenvalue weighted by Gasteiger charge is -2.25. The highest BCUT2D eigenvalue weighted by atomic mass is 32.2. The van der Waals surface area contributed by atoms with Gasteiger partial charge in [0.05, 0.1) is 27.9 Å². The molecule has 0 atom stereocenters. The first-order valence-electron chi connectivity index (χ1n) is 10.2. The molecule has 0 radical (unpaired) electrons. The number of benzene rings is 2. The molecule has 0 unspecified atom stereocenters. The van der Waals surface area contributed by atoms with Crippen LogP contribution < -0.4 is 10.2 Å². The van der Waals surface area contributed by atoms with Gasteiger partial charge in [0.1, 0.15) is 0 Å². The summed E-state index contributed by atoms with van der Waals surface area (Å²) in [6.07, 6.45) is -4.59. The maximum Gasteiger partial charge on any atom is 0.416 e. The molecule has 178 valence electrons. The highest BCUT2D eigenvalue weighted by Gasteiger charge is 2.31. The van der Waals surface area contributed by atoms with E-state index in [1.807, 2.05) is 19.9 Å². The molecular formula is C22H25F3N4O3S. The van der Waals surface area contributed by atoms with Gasteiger partial charge in [-0.25, -0.2) is 8.42 Å². The van der Waals surface area contributed by atoms with Crippen LogP contribution in [0.5, 0.6) is 0 Å². The van der Waals surface area contributed by atoms with Gasteiger partial charge in [-0.1, -0.05) is 6.07 Å². The number of hydrogen-bond acceptors (Lipinski definition) is 5. The average molecular weight is 483 g/mol. The van der Waals surface area contributed by atoms with Crippen molar-refractivity contribution in [2.75, 3.05) is 36.9 Å². The van der Waals surface area contributed by atoms with Gasteiger partial charge in [0, 0.05) is 38.7 Å². The largest absolute Gasteiger partial charge is 0.416 e. The molecule has 0 aliphatic heterocycles. The lowest BCUT2D eigenvalue weighted by Crippen LogP contribution is -2.28. The first-order chi connectivity index (χ1) is 15.4. The van der Waals surface area contributed by atoms with E-state index in [-0.39, 0.29) is 29.1 Å². The van der Waals surface area contributed by atoms with Gasteiger partial charge in [-0.15, -0.1) is 0 Å². The Morgan fingerprint density at radius 3 is 2.36 bits per heavy atom. The van der Waals surface area contributed by atoms with Crippen LogP contribution in [0.3, 0.4) is 0 Å². The molecule has 33 heavy (non-hydrogen) atoms. The van der Waals surface area contributed by atoms with Crippen molar-refractivity contribution in [3.05, 3.63) is 53.6 Å². The predicted octanol–water partition coefficient (Wildman–Crippen LogP) is 4.34. The highest BCUT2D eigenvalue weighted by Crippen LogP contribution is 2.35. The summed E-state index contributed by atoms with van der Waals surface area (Å²) in [5, 5.41) is 11.2. The molecule has 0 aromatic heterocycles. The topological polar surface area (TPSA) is 93.5 Å². The van der Waals surface area contributed by atoms with Gasteiger partial charge < -0.3 is 10.2 Å². The fraction of sp³-hybridized carbons (Fsp3) is 0.364. The number of hydrogen-bond donors (Lipinski definition) is 1. The Morgan fingerprint density at radius 1 is 1.12 bits per heavy atom. The summed E-state index contributed by atoms with van der Waals surface area (Å²) in [6, 6.07) is 10.2. The third-order valence-corrected chi connectivity index (χ3v) is 6.87. The molecule has 0 heterocycles. The molecule has 1 N–H and O–H groups in total. The second-order valence-corrected chi connectivity index (χ2v) is 9.16. The zero-order valence-electron chi connectivity index (χ0n) is 18.5. The van der Waals surface area contributed by atoms with E-state index < -0.39 is 27.7 Å². The number of nitrogens with one attached hydrogen (secondary N) is 1. The van der Waals surface area contributed by atoms with Gasteiger partial charge in [-0.05, 0) is 50.2 Å². The quantitative estimate of drug-likeness (QED) is 0.574. The number of nitriles is 1. The Kier molecular flexibility index (Phi) is 8.46. The molecule has 0 saturated heterocycles. The van der Waals surface area contributed by atoms with Gasteiger partial charge in [0.2, 0.25) is 10.0 Å². The normalized spacial score (nSPS) is 11.8. The molecule has 0 fully saturated rings. The number of rotatable bonds is 9. The van der Waals surface area contributed by atoms with Crippen LogP contribution in [0.1, 0.15) is 36.2 Å². The van der Waals surface area contributed by atoms with Crippen LogP contribution in [0.2, 0.25) is 0 Å². The Balaban J connectivity index is 2.42. The Labute approximate surface area is 191 Å². The first-order valence-corrected chi connectivity index (χ1v) is 11.6. The number of alkyl halides is 3. The summed E-state index contributed by atoms with van der Waals surface area (Å²) in [6.45, 7) is 4.67. The maximum absolute atomic E-state index is 13.3. The highest BCUT2D eigenvalue weighted by molar-refractivity contribution is 7.89. The second-order valence-electron chi connectivity index (χ2n) is 7.12. The Morgan fingerprint density at radius 2 is 1.79 bits per heavy atom. The van der Waals surface area contributed by atoms with Crippen LogP contribution in [0, 0.1) is 11.3 Å². The summed E-state index contributed by atoms with van der Waals surface area (Å²) in [5.74, 6) is -0.751. The molecule has 11 heteroatoms. The van der Waals surface area contributed by atoms with Gasteiger partial charge in [0.25, 0.3) is 5.91 Å². The van der Waals surface area contributed by atoms with Gasteiger partial charge in [-0.2, -0.15) is 22.7 Å². The average Bonchev–Trinajstić information content (AvgIpc) is 2.78. The van der Waals surface area contributed by atoms with Crippen LogP contribution in [0.15, 0.2) is 47.4 Å². The third-order valence-electron chi connectivity index (χ3n) is 5.02. The van der Waals surface area contributed by atoms with Crippen molar-refractivity contribution >= 4 is 27.3 Å². The number of anilines is 2. The Hall–Kier alpha value is -3.10. The minimum atomic E-state index is -4.59. The minimum Gasteiger partial charge on any atom is -0.370 e. The SMILES string of the molecule is CCN(CC)c1ccc(C(F)(F)F)cc1NC(=O)c1cccc(S(=O)(=O)N(C)CCC#N)c1. The fourth-order valence-electron chi connectivity index (χ4n) is 3.15. The molecule has 0 spiro atoms. The van der Waals surface area contributed by atoms with E-state index in [1.165, 1.54) is 31.3 Å². The number of nitrogens with zero attached hydrogens (tertiary/aromatic N) is 3. The van der Waals surface area contributed by atoms with E-state index in [0.29, 0.717) is 18.8 Å². The molecule has 2 rings (SSSR count). The molecule has 2 aromatic rings. The molecule has 0 bridgehead atoms. The van der Waals surface area contributed by atoms with Crippen molar-refractivity contribution in [1.29, 1.82) is 5.26 Å². The number of carbonyl (C=O) groups excluding carboxylic acids is 1. The molecule has 7 nitrogen and oxygen atoms in total. The smallest absolute Gasteiger partial charge is 0.370 e. The van der Waals surface area contributed by atoms with Crippen molar-refractivity contribution in [3.8, 4) is 6.07 Å². The molecule has 2 aromatic carbocycles. The summed E-state index contributed by atoms with van der Waals surface area (Å²) in [7, 11) is -2.63. The fourth-order valence-corrected chi connectivity index (χ4v) is 4.37. The van der Waals surface area contributed by atoms with Crippen LogP contribution in [-0.4, -0.2) is 45.3 Å². The summed E-state index contributed by atoms with van der Waals surface area (Å²) in [5.41, 5.74) is -0.559. The van der Waals surface area contributed by atoms with Crippen LogP contribution in [-0.2, 0) is 16.2 Å². The van der Waals surface area contributed by atoms with Crippen LogP contribution in [0.25, 0.3) is 0 Å². The summed E-state index contributed by atoms with van der Waals surface area (Å²) in [4.78, 5) is 14.5. The van der Waals surface area contributed by atoms with Crippen molar-refractivity contribution in [2.24, 2.45) is 0 Å². The third kappa shape index (κ3) is 6.24. The predicted molar refractivity (Wildman–Crippen MR) is 119 cm³/mol. The lowest BCUT2D eigenvalue weighted by molar-refractivity contribution is -0.137. The van der Waals surface area contributed by atoms with Crippen molar-refractivity contribution in [2.45, 2.75) is 31.3 Å². The molecular weight excluding hydrogens is 457 g/mol. The van der Waals surface area contributed by atoms with Gasteiger partial charge in [-0.3, -0.25) is 4.79 Å². The monoisotopic (exact) mass is 482 g/mol. The number of carbonyl (C=O) groups is 1. The minimum absolute atomic E-state index is 0.000410. The zero-order chi connectivity index (χ0) is 24.8. The van der Waals surface area contributed by atoms with Crippen LogP contribution in [0.4, 0.5) is 24.5 Å². The van der Waals surface area contributed by atoms with E-state index in [1.54, 1.807) is 4.90 Å². The standard InChI is InChI=1S/C22H25F3N4O3S/c1-4-29(5-2)20-11-10-17(22(23,24)25)15-19(20)27-21(30)16-8-6-9-18(14-16)33(31,32)28(3)13-7-12-26/h6,8-11,14-15H,4-5,7,13H2,1-3H3,(H,27,30).